The summed E-state index contributed by atoms with van der Waals surface area (Å²) in [4.78, 5) is 26.4. The Balaban J connectivity index is 2.10. The third kappa shape index (κ3) is 3.34. The third-order valence-corrected chi connectivity index (χ3v) is 2.83. The maximum atomic E-state index is 12.1. The number of benzene rings is 1. The van der Waals surface area contributed by atoms with Crippen LogP contribution < -0.4 is 16.6 Å². The van der Waals surface area contributed by atoms with E-state index >= 15 is 0 Å². The summed E-state index contributed by atoms with van der Waals surface area (Å²) >= 11 is 0. The highest BCUT2D eigenvalue weighted by atomic mass is 16.6. The van der Waals surface area contributed by atoms with Crippen LogP contribution >= 0.6 is 0 Å². The zero-order valence-electron chi connectivity index (χ0n) is 11.0. The minimum atomic E-state index is -0.639. The SMILES string of the molecule is NNc1cccc(C(=O)NCCn2ccnc2)c1[N+](=O)[O-]. The molecule has 0 radical (unpaired) electrons. The number of aromatic nitrogens is 2. The fourth-order valence-electron chi connectivity index (χ4n) is 1.85. The van der Waals surface area contributed by atoms with Gasteiger partial charge in [-0.1, -0.05) is 6.07 Å². The van der Waals surface area contributed by atoms with Gasteiger partial charge in [0.25, 0.3) is 5.91 Å². The van der Waals surface area contributed by atoms with E-state index in [0.717, 1.165) is 0 Å². The number of para-hydroxylation sites is 1. The Morgan fingerprint density at radius 1 is 1.48 bits per heavy atom. The number of imidazole rings is 1. The van der Waals surface area contributed by atoms with Crippen molar-refractivity contribution in [2.45, 2.75) is 6.54 Å². The number of carbonyl (C=O) groups excluding carboxylic acids is 1. The summed E-state index contributed by atoms with van der Waals surface area (Å²) in [5.41, 5.74) is 1.91. The monoisotopic (exact) mass is 290 g/mol. The molecular weight excluding hydrogens is 276 g/mol. The molecule has 0 unspecified atom stereocenters. The highest BCUT2D eigenvalue weighted by molar-refractivity contribution is 6.00. The van der Waals surface area contributed by atoms with Crippen molar-refractivity contribution in [2.24, 2.45) is 5.84 Å². The first kappa shape index (κ1) is 14.5. The number of nitrogens with two attached hydrogens (primary N) is 1. The predicted octanol–water partition coefficient (Wildman–Crippen LogP) is 0.507. The van der Waals surface area contributed by atoms with E-state index in [1.54, 1.807) is 23.3 Å². The molecule has 110 valence electrons. The summed E-state index contributed by atoms with van der Waals surface area (Å²) in [5.74, 6) is 4.70. The van der Waals surface area contributed by atoms with Gasteiger partial charge in [-0.15, -0.1) is 0 Å². The Hall–Kier alpha value is -2.94. The standard InChI is InChI=1S/C12H14N6O3/c13-16-10-3-1-2-9(11(10)18(20)21)12(19)15-5-7-17-6-4-14-8-17/h1-4,6,8,16H,5,7,13H2,(H,15,19). The molecule has 0 saturated carbocycles. The van der Waals surface area contributed by atoms with E-state index in [1.807, 2.05) is 0 Å². The molecule has 21 heavy (non-hydrogen) atoms. The van der Waals surface area contributed by atoms with Crippen molar-refractivity contribution in [1.82, 2.24) is 14.9 Å². The molecule has 0 bridgehead atoms. The van der Waals surface area contributed by atoms with Gasteiger partial charge in [0, 0.05) is 25.5 Å². The van der Waals surface area contributed by atoms with Crippen molar-refractivity contribution in [1.29, 1.82) is 0 Å². The lowest BCUT2D eigenvalue weighted by Gasteiger charge is -2.08. The van der Waals surface area contributed by atoms with Crippen LogP contribution in [0, 0.1) is 10.1 Å². The topological polar surface area (TPSA) is 128 Å². The number of carbonyl (C=O) groups is 1. The lowest BCUT2D eigenvalue weighted by Crippen LogP contribution is -2.28. The van der Waals surface area contributed by atoms with E-state index in [1.165, 1.54) is 18.2 Å². The molecule has 4 N–H and O–H groups in total. The lowest BCUT2D eigenvalue weighted by atomic mass is 10.1. The molecule has 0 aliphatic rings. The maximum absolute atomic E-state index is 12.1. The van der Waals surface area contributed by atoms with Crippen molar-refractivity contribution in [3.63, 3.8) is 0 Å². The molecule has 0 aliphatic heterocycles. The number of hydrogen-bond donors (Lipinski definition) is 3. The Bertz CT molecular complexity index is 640. The zero-order valence-corrected chi connectivity index (χ0v) is 11.0. The van der Waals surface area contributed by atoms with Crippen LogP contribution in [-0.2, 0) is 6.54 Å². The molecule has 1 heterocycles. The van der Waals surface area contributed by atoms with E-state index in [4.69, 9.17) is 5.84 Å². The van der Waals surface area contributed by atoms with E-state index in [0.29, 0.717) is 13.1 Å². The number of amides is 1. The van der Waals surface area contributed by atoms with Crippen molar-refractivity contribution < 1.29 is 9.72 Å². The van der Waals surface area contributed by atoms with E-state index in [2.05, 4.69) is 15.7 Å². The first-order chi connectivity index (χ1) is 10.1. The summed E-state index contributed by atoms with van der Waals surface area (Å²) in [7, 11) is 0. The van der Waals surface area contributed by atoms with Gasteiger partial charge in [-0.25, -0.2) is 4.98 Å². The van der Waals surface area contributed by atoms with E-state index < -0.39 is 10.8 Å². The van der Waals surface area contributed by atoms with Gasteiger partial charge < -0.3 is 15.3 Å². The average molecular weight is 290 g/mol. The predicted molar refractivity (Wildman–Crippen MR) is 75.5 cm³/mol. The van der Waals surface area contributed by atoms with Gasteiger partial charge >= 0.3 is 5.69 Å². The number of nitrogens with one attached hydrogen (secondary N) is 2. The molecule has 0 atom stereocenters. The van der Waals surface area contributed by atoms with Gasteiger partial charge in [-0.05, 0) is 12.1 Å². The summed E-state index contributed by atoms with van der Waals surface area (Å²) in [5, 5.41) is 13.7. The Morgan fingerprint density at radius 3 is 2.90 bits per heavy atom. The van der Waals surface area contributed by atoms with Gasteiger partial charge in [0.15, 0.2) is 0 Å². The largest absolute Gasteiger partial charge is 0.350 e. The second kappa shape index (κ2) is 6.48. The highest BCUT2D eigenvalue weighted by Crippen LogP contribution is 2.27. The molecule has 9 nitrogen and oxygen atoms in total. The van der Waals surface area contributed by atoms with Crippen LogP contribution in [-0.4, -0.2) is 26.9 Å². The molecule has 1 aromatic carbocycles. The van der Waals surface area contributed by atoms with Crippen LogP contribution in [0.15, 0.2) is 36.9 Å². The quantitative estimate of drug-likeness (QED) is 0.404. The normalized spacial score (nSPS) is 10.1. The number of rotatable bonds is 6. The second-order valence-corrected chi connectivity index (χ2v) is 4.16. The van der Waals surface area contributed by atoms with Crippen LogP contribution in [0.4, 0.5) is 11.4 Å². The number of nitro benzene ring substituents is 1. The molecule has 1 aromatic heterocycles. The second-order valence-electron chi connectivity index (χ2n) is 4.16. The third-order valence-electron chi connectivity index (χ3n) is 2.83. The van der Waals surface area contributed by atoms with E-state index in [-0.39, 0.29) is 16.9 Å². The van der Waals surface area contributed by atoms with E-state index in [9.17, 15) is 14.9 Å². The average Bonchev–Trinajstić information content (AvgIpc) is 2.99. The highest BCUT2D eigenvalue weighted by Gasteiger charge is 2.23. The fourth-order valence-corrected chi connectivity index (χ4v) is 1.85. The van der Waals surface area contributed by atoms with Gasteiger partial charge in [-0.3, -0.25) is 20.8 Å². The van der Waals surface area contributed by atoms with Crippen LogP contribution in [0.5, 0.6) is 0 Å². The Labute approximate surface area is 119 Å². The van der Waals surface area contributed by atoms with Crippen molar-refractivity contribution >= 4 is 17.3 Å². The number of hydrazine groups is 1. The van der Waals surface area contributed by atoms with Crippen LogP contribution in [0.25, 0.3) is 0 Å². The molecule has 9 heteroatoms. The van der Waals surface area contributed by atoms with Gasteiger partial charge in [0.1, 0.15) is 11.3 Å². The molecule has 0 saturated heterocycles. The van der Waals surface area contributed by atoms with Crippen LogP contribution in [0.1, 0.15) is 10.4 Å². The lowest BCUT2D eigenvalue weighted by molar-refractivity contribution is -0.384. The molecule has 0 spiro atoms. The van der Waals surface area contributed by atoms with Crippen molar-refractivity contribution in [3.05, 3.63) is 52.6 Å². The van der Waals surface area contributed by atoms with Crippen molar-refractivity contribution in [3.8, 4) is 0 Å². The van der Waals surface area contributed by atoms with Crippen molar-refractivity contribution in [2.75, 3.05) is 12.0 Å². The summed E-state index contributed by atoms with van der Waals surface area (Å²) < 4.78 is 1.78. The molecule has 2 rings (SSSR count). The van der Waals surface area contributed by atoms with Gasteiger partial charge in [-0.2, -0.15) is 0 Å². The molecule has 0 fully saturated rings. The van der Waals surface area contributed by atoms with Crippen LogP contribution in [0.2, 0.25) is 0 Å². The fraction of sp³-hybridized carbons (Fsp3) is 0.167. The number of anilines is 1. The Kier molecular flexibility index (Phi) is 4.46. The maximum Gasteiger partial charge on any atom is 0.306 e. The summed E-state index contributed by atoms with van der Waals surface area (Å²) in [6, 6.07) is 4.33. The first-order valence-corrected chi connectivity index (χ1v) is 6.11. The number of nitrogens with zero attached hydrogens (tertiary/aromatic N) is 3. The van der Waals surface area contributed by atoms with Gasteiger partial charge in [0.2, 0.25) is 0 Å². The van der Waals surface area contributed by atoms with Crippen LogP contribution in [0.3, 0.4) is 0 Å². The number of nitro groups is 1. The number of nitrogen functional groups attached to an aromatic ring is 1. The van der Waals surface area contributed by atoms with Gasteiger partial charge in [0.05, 0.1) is 11.3 Å². The zero-order chi connectivity index (χ0) is 15.2. The minimum absolute atomic E-state index is 0.0407. The minimum Gasteiger partial charge on any atom is -0.350 e. The summed E-state index contributed by atoms with van der Waals surface area (Å²) in [6.45, 7) is 0.848. The Morgan fingerprint density at radius 2 is 2.29 bits per heavy atom. The molecule has 1 amide bonds. The summed E-state index contributed by atoms with van der Waals surface area (Å²) in [6.07, 6.45) is 5.00. The molecular formula is C12H14N6O3. The first-order valence-electron chi connectivity index (χ1n) is 6.11. The molecule has 2 aromatic rings. The smallest absolute Gasteiger partial charge is 0.306 e. The molecule has 0 aliphatic carbocycles. The number of hydrogen-bond acceptors (Lipinski definition) is 6.